The van der Waals surface area contributed by atoms with E-state index < -0.39 is 28.5 Å². The fraction of sp³-hybridized carbons (Fsp3) is 0.257. The van der Waals surface area contributed by atoms with Crippen molar-refractivity contribution in [2.24, 2.45) is 0 Å². The molecule has 0 aromatic heterocycles. The predicted octanol–water partition coefficient (Wildman–Crippen LogP) is 6.97. The largest absolute Gasteiger partial charge is 0.352 e. The van der Waals surface area contributed by atoms with Gasteiger partial charge in [-0.1, -0.05) is 95.0 Å². The van der Waals surface area contributed by atoms with Crippen molar-refractivity contribution in [3.8, 4) is 0 Å². The number of nitrogens with one attached hydrogen (secondary N) is 1. The molecule has 2 amide bonds. The van der Waals surface area contributed by atoms with E-state index in [0.717, 1.165) is 21.0 Å². The first-order chi connectivity index (χ1) is 21.4. The molecule has 0 aliphatic carbocycles. The van der Waals surface area contributed by atoms with E-state index in [1.807, 2.05) is 58.0 Å². The van der Waals surface area contributed by atoms with Gasteiger partial charge in [0.1, 0.15) is 12.6 Å². The lowest BCUT2D eigenvalue weighted by molar-refractivity contribution is -0.140. The highest BCUT2D eigenvalue weighted by Gasteiger charge is 2.35. The first kappa shape index (κ1) is 34.0. The summed E-state index contributed by atoms with van der Waals surface area (Å²) in [6, 6.07) is 26.5. The molecule has 10 heteroatoms. The smallest absolute Gasteiger partial charge is 0.264 e. The van der Waals surface area contributed by atoms with Crippen LogP contribution in [-0.2, 0) is 32.6 Å². The molecular weight excluding hydrogens is 629 g/mol. The molecule has 0 unspecified atom stereocenters. The summed E-state index contributed by atoms with van der Waals surface area (Å²) in [5, 5.41) is 3.58. The Morgan fingerprint density at radius 2 is 1.33 bits per heavy atom. The highest BCUT2D eigenvalue weighted by atomic mass is 35.5. The number of sulfonamides is 1. The van der Waals surface area contributed by atoms with Gasteiger partial charge in [0.25, 0.3) is 10.0 Å². The second-order valence-electron chi connectivity index (χ2n) is 11.3. The Morgan fingerprint density at radius 3 is 1.89 bits per heavy atom. The molecule has 0 radical (unpaired) electrons. The van der Waals surface area contributed by atoms with Crippen LogP contribution in [0.1, 0.15) is 36.1 Å². The summed E-state index contributed by atoms with van der Waals surface area (Å²) in [4.78, 5) is 29.8. The van der Waals surface area contributed by atoms with Crippen LogP contribution in [0, 0.1) is 13.8 Å². The molecule has 0 bridgehead atoms. The quantitative estimate of drug-likeness (QED) is 0.177. The third-order valence-electron chi connectivity index (χ3n) is 7.30. The van der Waals surface area contributed by atoms with Crippen LogP contribution in [0.4, 0.5) is 5.69 Å². The minimum absolute atomic E-state index is 0.0422. The summed E-state index contributed by atoms with van der Waals surface area (Å²) < 4.78 is 29.3. The molecule has 4 aromatic carbocycles. The van der Waals surface area contributed by atoms with Gasteiger partial charge in [-0.2, -0.15) is 0 Å². The second-order valence-corrected chi connectivity index (χ2v) is 13.9. The Morgan fingerprint density at radius 1 is 0.778 bits per heavy atom. The van der Waals surface area contributed by atoms with Crippen molar-refractivity contribution in [2.45, 2.75) is 57.6 Å². The molecule has 1 N–H and O–H groups in total. The lowest BCUT2D eigenvalue weighted by Crippen LogP contribution is -2.54. The van der Waals surface area contributed by atoms with E-state index in [1.165, 1.54) is 17.0 Å². The van der Waals surface area contributed by atoms with Crippen molar-refractivity contribution in [3.63, 3.8) is 0 Å². The zero-order chi connectivity index (χ0) is 32.7. The molecule has 0 spiro atoms. The van der Waals surface area contributed by atoms with E-state index in [4.69, 9.17) is 23.2 Å². The normalized spacial score (nSPS) is 12.1. The van der Waals surface area contributed by atoms with E-state index >= 15 is 0 Å². The zero-order valence-corrected chi connectivity index (χ0v) is 28.0. The van der Waals surface area contributed by atoms with Crippen LogP contribution in [0.3, 0.4) is 0 Å². The van der Waals surface area contributed by atoms with E-state index in [9.17, 15) is 18.0 Å². The van der Waals surface area contributed by atoms with Gasteiger partial charge in [0, 0.05) is 34.6 Å². The summed E-state index contributed by atoms with van der Waals surface area (Å²) in [7, 11) is -4.19. The molecule has 4 rings (SSSR count). The van der Waals surface area contributed by atoms with Crippen molar-refractivity contribution in [3.05, 3.63) is 129 Å². The number of aryl methyl sites for hydroxylation is 2. The fourth-order valence-corrected chi connectivity index (χ4v) is 6.80. The zero-order valence-electron chi connectivity index (χ0n) is 25.7. The summed E-state index contributed by atoms with van der Waals surface area (Å²) >= 11 is 13.1. The van der Waals surface area contributed by atoms with Crippen LogP contribution in [0.25, 0.3) is 0 Å². The number of hydrogen-bond donors (Lipinski definition) is 1. The molecule has 45 heavy (non-hydrogen) atoms. The molecule has 0 aliphatic heterocycles. The first-order valence-corrected chi connectivity index (χ1v) is 16.8. The van der Waals surface area contributed by atoms with Gasteiger partial charge in [0.2, 0.25) is 11.8 Å². The number of anilines is 1. The average molecular weight is 667 g/mol. The van der Waals surface area contributed by atoms with Gasteiger partial charge in [-0.25, -0.2) is 8.42 Å². The summed E-state index contributed by atoms with van der Waals surface area (Å²) in [5.74, 6) is -0.976. The van der Waals surface area contributed by atoms with Crippen LogP contribution >= 0.6 is 23.2 Å². The van der Waals surface area contributed by atoms with Crippen LogP contribution in [-0.4, -0.2) is 43.8 Å². The van der Waals surface area contributed by atoms with E-state index in [1.54, 1.807) is 54.6 Å². The lowest BCUT2D eigenvalue weighted by atomic mass is 10.0. The summed E-state index contributed by atoms with van der Waals surface area (Å²) in [6.45, 7) is 6.74. The number of benzene rings is 4. The number of amides is 2. The summed E-state index contributed by atoms with van der Waals surface area (Å²) in [6.07, 6.45) is 0.183. The SMILES string of the molecule is Cc1ccc(N(CC(=O)N(Cc2c(Cl)cccc2Cl)[C@@H](Cc2ccccc2)C(=O)NC(C)C)S(=O)(=O)c2ccc(C)cc2)cc1. The molecule has 4 aromatic rings. The minimum atomic E-state index is -4.19. The summed E-state index contributed by atoms with van der Waals surface area (Å²) in [5.41, 5.74) is 3.42. The maximum atomic E-state index is 14.5. The van der Waals surface area contributed by atoms with Crippen LogP contribution < -0.4 is 9.62 Å². The Hall–Kier alpha value is -3.85. The molecule has 0 aliphatic rings. The van der Waals surface area contributed by atoms with Crippen molar-refractivity contribution in [1.29, 1.82) is 0 Å². The van der Waals surface area contributed by atoms with Crippen molar-refractivity contribution >= 4 is 50.7 Å². The van der Waals surface area contributed by atoms with Crippen molar-refractivity contribution in [1.82, 2.24) is 10.2 Å². The van der Waals surface area contributed by atoms with Gasteiger partial charge in [-0.05, 0) is 69.7 Å². The number of hydrogen-bond acceptors (Lipinski definition) is 4. The molecule has 0 heterocycles. The molecule has 7 nitrogen and oxygen atoms in total. The maximum Gasteiger partial charge on any atom is 0.264 e. The molecule has 1 atom stereocenters. The molecule has 0 fully saturated rings. The second kappa shape index (κ2) is 15.0. The van der Waals surface area contributed by atoms with Gasteiger partial charge >= 0.3 is 0 Å². The van der Waals surface area contributed by atoms with Crippen LogP contribution in [0.15, 0.2) is 102 Å². The number of halogens is 2. The third-order valence-corrected chi connectivity index (χ3v) is 9.80. The third kappa shape index (κ3) is 8.66. The van der Waals surface area contributed by atoms with Crippen LogP contribution in [0.2, 0.25) is 10.0 Å². The Kier molecular flexibility index (Phi) is 11.3. The topological polar surface area (TPSA) is 86.8 Å². The number of carbonyl (C=O) groups excluding carboxylic acids is 2. The monoisotopic (exact) mass is 665 g/mol. The molecule has 0 saturated carbocycles. The minimum Gasteiger partial charge on any atom is -0.352 e. The van der Waals surface area contributed by atoms with Gasteiger partial charge in [-0.15, -0.1) is 0 Å². The number of nitrogens with zero attached hydrogens (tertiary/aromatic N) is 2. The maximum absolute atomic E-state index is 14.5. The van der Waals surface area contributed by atoms with E-state index in [0.29, 0.717) is 21.3 Å². The average Bonchev–Trinajstić information content (AvgIpc) is 2.99. The Balaban J connectivity index is 1.83. The van der Waals surface area contributed by atoms with Gasteiger partial charge < -0.3 is 10.2 Å². The van der Waals surface area contributed by atoms with Gasteiger partial charge in [0.15, 0.2) is 0 Å². The molecular formula is C35H37Cl2N3O4S. The number of rotatable bonds is 12. The lowest BCUT2D eigenvalue weighted by Gasteiger charge is -2.34. The highest BCUT2D eigenvalue weighted by Crippen LogP contribution is 2.29. The van der Waals surface area contributed by atoms with Crippen molar-refractivity contribution in [2.75, 3.05) is 10.8 Å². The number of carbonyl (C=O) groups is 2. The highest BCUT2D eigenvalue weighted by molar-refractivity contribution is 7.92. The van der Waals surface area contributed by atoms with Gasteiger partial charge in [0.05, 0.1) is 10.6 Å². The standard InChI is InChI=1S/C35H37Cl2N3O4S/c1-24(2)38-35(42)33(21-27-9-6-5-7-10-27)39(22-30-31(36)11-8-12-32(30)37)34(41)23-40(28-17-13-25(3)14-18-28)45(43,44)29-19-15-26(4)16-20-29/h5-20,24,33H,21-23H2,1-4H3,(H,38,42)/t33-/m0/s1. The molecule has 0 saturated heterocycles. The van der Waals surface area contributed by atoms with Crippen LogP contribution in [0.5, 0.6) is 0 Å². The molecule has 236 valence electrons. The predicted molar refractivity (Wildman–Crippen MR) is 181 cm³/mol. The van der Waals surface area contributed by atoms with E-state index in [-0.39, 0.29) is 29.8 Å². The van der Waals surface area contributed by atoms with Crippen molar-refractivity contribution < 1.29 is 18.0 Å². The van der Waals surface area contributed by atoms with E-state index in [2.05, 4.69) is 5.32 Å². The fourth-order valence-electron chi connectivity index (χ4n) is 4.87. The Bertz CT molecular complexity index is 1710. The first-order valence-electron chi connectivity index (χ1n) is 14.6. The van der Waals surface area contributed by atoms with Gasteiger partial charge in [-0.3, -0.25) is 13.9 Å². The Labute approximate surface area is 275 Å².